The van der Waals surface area contributed by atoms with Crippen LogP contribution in [0.25, 0.3) is 0 Å². The minimum Gasteiger partial charge on any atom is -0.469 e. The number of methoxy groups -OCH3 is 1. The lowest BCUT2D eigenvalue weighted by Gasteiger charge is -2.15. The Labute approximate surface area is 125 Å². The molecule has 1 aliphatic heterocycles. The number of likely N-dealkylation sites (tertiary alicyclic amines) is 1. The van der Waals surface area contributed by atoms with Crippen molar-refractivity contribution in [2.75, 3.05) is 33.3 Å². The highest BCUT2D eigenvalue weighted by atomic mass is 16.5. The van der Waals surface area contributed by atoms with Gasteiger partial charge >= 0.3 is 12.0 Å². The van der Waals surface area contributed by atoms with Gasteiger partial charge < -0.3 is 10.1 Å². The molecule has 120 valence electrons. The van der Waals surface area contributed by atoms with Gasteiger partial charge in [-0.3, -0.25) is 19.8 Å². The van der Waals surface area contributed by atoms with Gasteiger partial charge in [0.05, 0.1) is 19.6 Å². The van der Waals surface area contributed by atoms with Crippen molar-refractivity contribution in [2.24, 2.45) is 11.8 Å². The number of nitrogens with zero attached hydrogens (tertiary/aromatic N) is 1. The van der Waals surface area contributed by atoms with E-state index in [1.54, 1.807) is 0 Å². The van der Waals surface area contributed by atoms with Crippen molar-refractivity contribution in [3.8, 4) is 0 Å². The first-order valence-electron chi connectivity index (χ1n) is 7.30. The number of nitrogens with one attached hydrogen (secondary N) is 2. The van der Waals surface area contributed by atoms with E-state index in [9.17, 15) is 14.4 Å². The first-order chi connectivity index (χ1) is 9.92. The van der Waals surface area contributed by atoms with Crippen LogP contribution in [0.1, 0.15) is 26.7 Å². The Morgan fingerprint density at radius 3 is 2.67 bits per heavy atom. The van der Waals surface area contributed by atoms with Crippen LogP contribution >= 0.6 is 0 Å². The molecule has 1 rings (SSSR count). The zero-order valence-corrected chi connectivity index (χ0v) is 13.0. The molecular formula is C14H25N3O4. The van der Waals surface area contributed by atoms with Crippen molar-refractivity contribution in [1.82, 2.24) is 15.5 Å². The normalized spacial score (nSPS) is 18.6. The molecular weight excluding hydrogens is 274 g/mol. The van der Waals surface area contributed by atoms with Crippen molar-refractivity contribution in [3.05, 3.63) is 0 Å². The third kappa shape index (κ3) is 6.57. The van der Waals surface area contributed by atoms with Crippen LogP contribution in [0.15, 0.2) is 0 Å². The first kappa shape index (κ1) is 17.4. The van der Waals surface area contributed by atoms with Gasteiger partial charge in [0.1, 0.15) is 0 Å². The van der Waals surface area contributed by atoms with E-state index in [0.717, 1.165) is 6.42 Å². The smallest absolute Gasteiger partial charge is 0.321 e. The molecule has 1 unspecified atom stereocenters. The fourth-order valence-electron chi connectivity index (χ4n) is 2.22. The van der Waals surface area contributed by atoms with Gasteiger partial charge in [-0.1, -0.05) is 13.8 Å². The second kappa shape index (κ2) is 8.61. The quantitative estimate of drug-likeness (QED) is 0.691. The molecule has 0 spiro atoms. The highest BCUT2D eigenvalue weighted by molar-refractivity contribution is 5.95. The zero-order chi connectivity index (χ0) is 15.8. The number of hydrogen-bond donors (Lipinski definition) is 2. The van der Waals surface area contributed by atoms with Gasteiger partial charge in [-0.25, -0.2) is 4.79 Å². The molecule has 1 saturated heterocycles. The number of ether oxygens (including phenoxy) is 1. The Kier molecular flexibility index (Phi) is 7.14. The van der Waals surface area contributed by atoms with Crippen molar-refractivity contribution >= 4 is 17.9 Å². The molecule has 7 heteroatoms. The molecule has 0 aromatic carbocycles. The van der Waals surface area contributed by atoms with Crippen LogP contribution in [-0.4, -0.2) is 56.1 Å². The number of esters is 1. The highest BCUT2D eigenvalue weighted by Gasteiger charge is 2.30. The SMILES string of the molecule is COC(=O)C1CCN(CC(=O)NC(=O)NCCC(C)C)C1. The summed E-state index contributed by atoms with van der Waals surface area (Å²) in [5, 5.41) is 4.93. The minimum absolute atomic E-state index is 0.116. The summed E-state index contributed by atoms with van der Waals surface area (Å²) in [4.78, 5) is 36.4. The van der Waals surface area contributed by atoms with Gasteiger partial charge in [-0.15, -0.1) is 0 Å². The summed E-state index contributed by atoms with van der Waals surface area (Å²) in [7, 11) is 1.36. The van der Waals surface area contributed by atoms with Gasteiger partial charge in [0.2, 0.25) is 5.91 Å². The van der Waals surface area contributed by atoms with E-state index in [2.05, 4.69) is 29.2 Å². The summed E-state index contributed by atoms with van der Waals surface area (Å²) in [5.41, 5.74) is 0. The van der Waals surface area contributed by atoms with Crippen LogP contribution in [-0.2, 0) is 14.3 Å². The number of carbonyl (C=O) groups is 3. The predicted molar refractivity (Wildman–Crippen MR) is 77.6 cm³/mol. The van der Waals surface area contributed by atoms with E-state index in [0.29, 0.717) is 32.0 Å². The zero-order valence-electron chi connectivity index (χ0n) is 13.0. The third-order valence-electron chi connectivity index (χ3n) is 3.43. The second-order valence-electron chi connectivity index (χ2n) is 5.73. The molecule has 0 aromatic heterocycles. The molecule has 0 bridgehead atoms. The number of hydrogen-bond acceptors (Lipinski definition) is 5. The molecule has 2 N–H and O–H groups in total. The number of amides is 3. The fourth-order valence-corrected chi connectivity index (χ4v) is 2.22. The van der Waals surface area contributed by atoms with Crippen LogP contribution in [0, 0.1) is 11.8 Å². The molecule has 21 heavy (non-hydrogen) atoms. The Morgan fingerprint density at radius 2 is 2.05 bits per heavy atom. The van der Waals surface area contributed by atoms with E-state index < -0.39 is 6.03 Å². The molecule has 7 nitrogen and oxygen atoms in total. The largest absolute Gasteiger partial charge is 0.469 e. The van der Waals surface area contributed by atoms with Gasteiger partial charge in [0, 0.05) is 13.1 Å². The Balaban J connectivity index is 2.22. The maximum absolute atomic E-state index is 11.7. The van der Waals surface area contributed by atoms with Crippen molar-refractivity contribution in [1.29, 1.82) is 0 Å². The van der Waals surface area contributed by atoms with Crippen molar-refractivity contribution in [2.45, 2.75) is 26.7 Å². The van der Waals surface area contributed by atoms with E-state index in [-0.39, 0.29) is 24.3 Å². The van der Waals surface area contributed by atoms with Crippen molar-refractivity contribution < 1.29 is 19.1 Å². The van der Waals surface area contributed by atoms with Crippen molar-refractivity contribution in [3.63, 3.8) is 0 Å². The van der Waals surface area contributed by atoms with E-state index in [4.69, 9.17) is 0 Å². The summed E-state index contributed by atoms with van der Waals surface area (Å²) < 4.78 is 4.69. The van der Waals surface area contributed by atoms with Crippen LogP contribution in [0.3, 0.4) is 0 Å². The van der Waals surface area contributed by atoms with E-state index >= 15 is 0 Å². The number of urea groups is 1. The third-order valence-corrected chi connectivity index (χ3v) is 3.43. The second-order valence-corrected chi connectivity index (χ2v) is 5.73. The minimum atomic E-state index is -0.468. The van der Waals surface area contributed by atoms with Gasteiger partial charge in [-0.2, -0.15) is 0 Å². The summed E-state index contributed by atoms with van der Waals surface area (Å²) in [6.07, 6.45) is 1.55. The standard InChI is InChI=1S/C14H25N3O4/c1-10(2)4-6-15-14(20)16-12(18)9-17-7-5-11(8-17)13(19)21-3/h10-11H,4-9H2,1-3H3,(H2,15,16,18,20). The number of carbonyl (C=O) groups excluding carboxylic acids is 3. The first-order valence-corrected chi connectivity index (χ1v) is 7.30. The average molecular weight is 299 g/mol. The van der Waals surface area contributed by atoms with Gasteiger partial charge in [0.25, 0.3) is 0 Å². The molecule has 1 fully saturated rings. The average Bonchev–Trinajstić information content (AvgIpc) is 2.85. The van der Waals surface area contributed by atoms with Crippen LogP contribution < -0.4 is 10.6 Å². The molecule has 0 aliphatic carbocycles. The number of imide groups is 1. The Hall–Kier alpha value is -1.63. The summed E-state index contributed by atoms with van der Waals surface area (Å²) in [5.74, 6) is -0.282. The molecule has 1 atom stereocenters. The number of rotatable bonds is 6. The maximum Gasteiger partial charge on any atom is 0.321 e. The van der Waals surface area contributed by atoms with E-state index in [1.807, 2.05) is 4.90 Å². The summed E-state index contributed by atoms with van der Waals surface area (Å²) in [6.45, 7) is 5.94. The Morgan fingerprint density at radius 1 is 1.33 bits per heavy atom. The van der Waals surface area contributed by atoms with Crippen LogP contribution in [0.2, 0.25) is 0 Å². The van der Waals surface area contributed by atoms with E-state index in [1.165, 1.54) is 7.11 Å². The molecule has 0 saturated carbocycles. The summed E-state index contributed by atoms with van der Waals surface area (Å²) in [6, 6.07) is -0.468. The lowest BCUT2D eigenvalue weighted by atomic mass is 10.1. The lowest BCUT2D eigenvalue weighted by Crippen LogP contribution is -2.44. The molecule has 3 amide bonds. The topological polar surface area (TPSA) is 87.7 Å². The van der Waals surface area contributed by atoms with Crippen LogP contribution in [0.5, 0.6) is 0 Å². The fraction of sp³-hybridized carbons (Fsp3) is 0.786. The molecule has 0 aromatic rings. The molecule has 1 aliphatic rings. The highest BCUT2D eigenvalue weighted by Crippen LogP contribution is 2.16. The Bertz CT molecular complexity index is 384. The monoisotopic (exact) mass is 299 g/mol. The molecule has 1 heterocycles. The van der Waals surface area contributed by atoms with Gasteiger partial charge in [0.15, 0.2) is 0 Å². The summed E-state index contributed by atoms with van der Waals surface area (Å²) >= 11 is 0. The van der Waals surface area contributed by atoms with Gasteiger partial charge in [-0.05, 0) is 25.3 Å². The van der Waals surface area contributed by atoms with Crippen LogP contribution in [0.4, 0.5) is 4.79 Å². The predicted octanol–water partition coefficient (Wildman–Crippen LogP) is 0.353. The molecule has 0 radical (unpaired) electrons. The lowest BCUT2D eigenvalue weighted by molar-refractivity contribution is -0.145. The maximum atomic E-state index is 11.7.